The minimum absolute atomic E-state index is 0.167. The highest BCUT2D eigenvalue weighted by molar-refractivity contribution is 5.70. The Labute approximate surface area is 139 Å². The molecule has 1 aliphatic rings. The number of alkyl halides is 2. The molecule has 134 valence electrons. The molecule has 24 heavy (non-hydrogen) atoms. The number of aliphatic hydroxyl groups excluding tert-OH is 1. The summed E-state index contributed by atoms with van der Waals surface area (Å²) in [5.41, 5.74) is 0.295. The molecule has 1 heterocycles. The van der Waals surface area contributed by atoms with Crippen LogP contribution in [0.25, 0.3) is 0 Å². The van der Waals surface area contributed by atoms with Gasteiger partial charge in [0.05, 0.1) is 7.11 Å². The monoisotopic (exact) mass is 344 g/mol. The third kappa shape index (κ3) is 4.19. The number of ether oxygens (including phenoxy) is 2. The first kappa shape index (κ1) is 18.6. The molecular weight excluding hydrogens is 322 g/mol. The fourth-order valence-corrected chi connectivity index (χ4v) is 2.84. The van der Waals surface area contributed by atoms with Gasteiger partial charge >= 0.3 is 5.97 Å². The van der Waals surface area contributed by atoms with Crippen LogP contribution in [0.2, 0.25) is 0 Å². The molecule has 6 nitrogen and oxygen atoms in total. The van der Waals surface area contributed by atoms with E-state index in [-0.39, 0.29) is 11.5 Å². The lowest BCUT2D eigenvalue weighted by atomic mass is 9.97. The summed E-state index contributed by atoms with van der Waals surface area (Å²) < 4.78 is 39.0. The number of hydrogen-bond donors (Lipinski definition) is 2. The van der Waals surface area contributed by atoms with Crippen LogP contribution in [-0.4, -0.2) is 61.8 Å². The van der Waals surface area contributed by atoms with Gasteiger partial charge in [-0.25, -0.2) is 8.78 Å². The van der Waals surface area contributed by atoms with Gasteiger partial charge in [-0.15, -0.1) is 0 Å². The molecule has 1 aromatic carbocycles. The van der Waals surface area contributed by atoms with E-state index < -0.39 is 24.5 Å². The molecule has 2 rings (SSSR count). The van der Waals surface area contributed by atoms with Crippen molar-refractivity contribution in [3.05, 3.63) is 23.8 Å². The summed E-state index contributed by atoms with van der Waals surface area (Å²) in [6.45, 7) is 2.07. The van der Waals surface area contributed by atoms with Crippen LogP contribution in [0.15, 0.2) is 18.2 Å². The zero-order valence-corrected chi connectivity index (χ0v) is 13.7. The number of carbonyl (C=O) groups is 1. The van der Waals surface area contributed by atoms with Crippen molar-refractivity contribution < 1.29 is 28.2 Å². The van der Waals surface area contributed by atoms with Crippen molar-refractivity contribution >= 4 is 5.97 Å². The Morgan fingerprint density at radius 3 is 2.58 bits per heavy atom. The lowest BCUT2D eigenvalue weighted by Gasteiger charge is -2.38. The molecule has 1 aliphatic heterocycles. The van der Waals surface area contributed by atoms with Gasteiger partial charge in [0.2, 0.25) is 0 Å². The van der Waals surface area contributed by atoms with E-state index in [4.69, 9.17) is 14.6 Å². The quantitative estimate of drug-likeness (QED) is 0.597. The predicted molar refractivity (Wildman–Crippen MR) is 83.5 cm³/mol. The van der Waals surface area contributed by atoms with Crippen LogP contribution < -0.4 is 14.8 Å². The van der Waals surface area contributed by atoms with Gasteiger partial charge in [0.25, 0.3) is 5.92 Å². The summed E-state index contributed by atoms with van der Waals surface area (Å²) in [5.74, 6) is -3.48. The number of benzene rings is 1. The molecule has 8 heteroatoms. The van der Waals surface area contributed by atoms with Gasteiger partial charge < -0.3 is 19.9 Å². The molecule has 1 saturated heterocycles. The highest BCUT2D eigenvalue weighted by Crippen LogP contribution is 2.40. The largest absolute Gasteiger partial charge is 0.493 e. The van der Waals surface area contributed by atoms with Gasteiger partial charge in [-0.1, -0.05) is 6.07 Å². The molecule has 1 atom stereocenters. The van der Waals surface area contributed by atoms with Crippen LogP contribution in [0.4, 0.5) is 8.78 Å². The zero-order chi connectivity index (χ0) is 17.7. The Hall–Kier alpha value is -1.77. The number of methoxy groups -OCH3 is 1. The molecule has 0 bridgehead atoms. The summed E-state index contributed by atoms with van der Waals surface area (Å²) in [4.78, 5) is 12.7. The maximum Gasteiger partial charge on any atom is 0.308 e. The number of hydrogen-bond acceptors (Lipinski definition) is 6. The van der Waals surface area contributed by atoms with E-state index in [0.29, 0.717) is 31.7 Å². The van der Waals surface area contributed by atoms with E-state index in [1.54, 1.807) is 4.90 Å². The molecule has 0 spiro atoms. The number of carbonyl (C=O) groups excluding carboxylic acids is 1. The maximum absolute atomic E-state index is 14.4. The normalized spacial score (nSPS) is 17.4. The van der Waals surface area contributed by atoms with Crippen LogP contribution in [0, 0.1) is 0 Å². The fraction of sp³-hybridized carbons (Fsp3) is 0.562. The molecule has 0 radical (unpaired) electrons. The number of esters is 1. The van der Waals surface area contributed by atoms with Crippen molar-refractivity contribution in [2.24, 2.45) is 0 Å². The van der Waals surface area contributed by atoms with Gasteiger partial charge in [0.1, 0.15) is 12.6 Å². The number of piperazine rings is 1. The standard InChI is InChI=1S/C16H22F2N2O4/c1-11(22)24-13-4-3-12(9-14(13)23-2)15(16(17,18)10-21)20-7-5-19-6-8-20/h3-4,9,15,19,21H,5-8,10H2,1-2H3/t15-/m0/s1. The molecule has 0 aliphatic carbocycles. The molecular formula is C16H22F2N2O4. The third-order valence-electron chi connectivity index (χ3n) is 3.88. The number of aliphatic hydroxyl groups is 1. The molecule has 0 saturated carbocycles. The van der Waals surface area contributed by atoms with Crippen molar-refractivity contribution in [3.8, 4) is 11.5 Å². The van der Waals surface area contributed by atoms with E-state index in [2.05, 4.69) is 5.32 Å². The summed E-state index contributed by atoms with van der Waals surface area (Å²) >= 11 is 0. The summed E-state index contributed by atoms with van der Waals surface area (Å²) in [7, 11) is 1.37. The second-order valence-corrected chi connectivity index (χ2v) is 5.61. The molecule has 0 amide bonds. The number of nitrogens with one attached hydrogen (secondary N) is 1. The Morgan fingerprint density at radius 2 is 2.04 bits per heavy atom. The first-order chi connectivity index (χ1) is 11.4. The Bertz CT molecular complexity index is 577. The van der Waals surface area contributed by atoms with E-state index in [0.717, 1.165) is 0 Å². The molecule has 2 N–H and O–H groups in total. The van der Waals surface area contributed by atoms with Gasteiger partial charge in [0.15, 0.2) is 11.5 Å². The second-order valence-electron chi connectivity index (χ2n) is 5.61. The molecule has 0 unspecified atom stereocenters. The highest BCUT2D eigenvalue weighted by Gasteiger charge is 2.44. The summed E-state index contributed by atoms with van der Waals surface area (Å²) in [5, 5.41) is 12.3. The Morgan fingerprint density at radius 1 is 1.38 bits per heavy atom. The molecule has 1 fully saturated rings. The lowest BCUT2D eigenvalue weighted by molar-refractivity contribution is -0.132. The minimum atomic E-state index is -3.31. The van der Waals surface area contributed by atoms with Crippen molar-refractivity contribution in [2.75, 3.05) is 39.9 Å². The van der Waals surface area contributed by atoms with Crippen LogP contribution >= 0.6 is 0 Å². The van der Waals surface area contributed by atoms with Gasteiger partial charge in [0, 0.05) is 33.1 Å². The number of nitrogens with zero attached hydrogens (tertiary/aromatic N) is 1. The molecule has 0 aromatic heterocycles. The average molecular weight is 344 g/mol. The van der Waals surface area contributed by atoms with Crippen molar-refractivity contribution in [2.45, 2.75) is 18.9 Å². The predicted octanol–water partition coefficient (Wildman–Crippen LogP) is 1.19. The van der Waals surface area contributed by atoms with E-state index in [9.17, 15) is 13.6 Å². The number of rotatable bonds is 6. The second kappa shape index (κ2) is 7.87. The van der Waals surface area contributed by atoms with E-state index >= 15 is 0 Å². The Balaban J connectivity index is 2.40. The maximum atomic E-state index is 14.4. The van der Waals surface area contributed by atoms with E-state index in [1.807, 2.05) is 0 Å². The third-order valence-corrected chi connectivity index (χ3v) is 3.88. The van der Waals surface area contributed by atoms with Gasteiger partial charge in [-0.05, 0) is 17.7 Å². The Kier molecular flexibility index (Phi) is 6.09. The summed E-state index contributed by atoms with van der Waals surface area (Å²) in [6, 6.07) is 3.04. The number of halogens is 2. The highest BCUT2D eigenvalue weighted by atomic mass is 19.3. The lowest BCUT2D eigenvalue weighted by Crippen LogP contribution is -2.51. The van der Waals surface area contributed by atoms with Crippen LogP contribution in [0.3, 0.4) is 0 Å². The van der Waals surface area contributed by atoms with Crippen molar-refractivity contribution in [1.29, 1.82) is 0 Å². The first-order valence-corrected chi connectivity index (χ1v) is 7.69. The minimum Gasteiger partial charge on any atom is -0.493 e. The fourth-order valence-electron chi connectivity index (χ4n) is 2.84. The zero-order valence-electron chi connectivity index (χ0n) is 13.7. The van der Waals surface area contributed by atoms with Gasteiger partial charge in [-0.3, -0.25) is 9.69 Å². The van der Waals surface area contributed by atoms with Crippen molar-refractivity contribution in [1.82, 2.24) is 10.2 Å². The average Bonchev–Trinajstić information content (AvgIpc) is 2.56. The summed E-state index contributed by atoms with van der Waals surface area (Å²) in [6.07, 6.45) is 0. The van der Waals surface area contributed by atoms with Crippen molar-refractivity contribution in [3.63, 3.8) is 0 Å². The van der Waals surface area contributed by atoms with Gasteiger partial charge in [-0.2, -0.15) is 0 Å². The topological polar surface area (TPSA) is 71.0 Å². The van der Waals surface area contributed by atoms with Crippen LogP contribution in [-0.2, 0) is 4.79 Å². The van der Waals surface area contributed by atoms with Crippen LogP contribution in [0.5, 0.6) is 11.5 Å². The van der Waals surface area contributed by atoms with E-state index in [1.165, 1.54) is 32.2 Å². The first-order valence-electron chi connectivity index (χ1n) is 7.69. The smallest absolute Gasteiger partial charge is 0.308 e. The SMILES string of the molecule is COc1cc([C@H](N2CCNCC2)C(F)(F)CO)ccc1OC(C)=O. The van der Waals surface area contributed by atoms with Crippen LogP contribution in [0.1, 0.15) is 18.5 Å². The molecule has 1 aromatic rings.